The van der Waals surface area contributed by atoms with Crippen LogP contribution in [0.5, 0.6) is 5.75 Å². The van der Waals surface area contributed by atoms with Crippen LogP contribution in [0.15, 0.2) is 30.5 Å². The quantitative estimate of drug-likeness (QED) is 0.749. The molecule has 0 aliphatic carbocycles. The Hall–Kier alpha value is -2.76. The Morgan fingerprint density at radius 3 is 3.05 bits per heavy atom. The Bertz CT molecular complexity index is 683. The van der Waals surface area contributed by atoms with E-state index < -0.39 is 0 Å². The minimum Gasteiger partial charge on any atom is -0.482 e. The van der Waals surface area contributed by atoms with Gasteiger partial charge < -0.3 is 21.1 Å². The van der Waals surface area contributed by atoms with Crippen molar-refractivity contribution in [2.75, 3.05) is 23.0 Å². The van der Waals surface area contributed by atoms with E-state index >= 15 is 0 Å². The number of benzene rings is 1. The Morgan fingerprint density at radius 2 is 2.29 bits per heavy atom. The average Bonchev–Trinajstić information content (AvgIpc) is 2.47. The van der Waals surface area contributed by atoms with E-state index in [2.05, 4.69) is 15.6 Å². The maximum atomic E-state index is 11.3. The van der Waals surface area contributed by atoms with Gasteiger partial charge in [-0.25, -0.2) is 0 Å². The van der Waals surface area contributed by atoms with Crippen LogP contribution >= 0.6 is 0 Å². The van der Waals surface area contributed by atoms with Crippen molar-refractivity contribution in [1.29, 1.82) is 0 Å². The number of ether oxygens (including phenoxy) is 1. The predicted molar refractivity (Wildman–Crippen MR) is 81.3 cm³/mol. The van der Waals surface area contributed by atoms with E-state index in [1.165, 1.54) is 0 Å². The van der Waals surface area contributed by atoms with Crippen LogP contribution in [0.1, 0.15) is 11.3 Å². The number of anilines is 3. The van der Waals surface area contributed by atoms with Crippen LogP contribution in [-0.2, 0) is 11.3 Å². The zero-order valence-electron chi connectivity index (χ0n) is 11.6. The standard InChI is InChI=1S/C15H16N4O2/c1-9-2-3-10(6-17-9)7-18-12-5-13-14(4-11(12)16)21-8-15(20)19-13/h2-6,18H,7-8,16H2,1H3,(H,19,20). The van der Waals surface area contributed by atoms with Gasteiger partial charge in [0.05, 0.1) is 17.1 Å². The van der Waals surface area contributed by atoms with Crippen molar-refractivity contribution in [3.05, 3.63) is 41.7 Å². The van der Waals surface area contributed by atoms with Gasteiger partial charge in [-0.1, -0.05) is 6.07 Å². The van der Waals surface area contributed by atoms with Crippen LogP contribution < -0.4 is 21.1 Å². The van der Waals surface area contributed by atoms with Gasteiger partial charge in [0.25, 0.3) is 5.91 Å². The van der Waals surface area contributed by atoms with E-state index in [-0.39, 0.29) is 12.5 Å². The molecule has 0 bridgehead atoms. The second kappa shape index (κ2) is 5.32. The van der Waals surface area contributed by atoms with Crippen molar-refractivity contribution in [3.63, 3.8) is 0 Å². The molecule has 1 aliphatic rings. The molecule has 0 saturated heterocycles. The van der Waals surface area contributed by atoms with Crippen molar-refractivity contribution < 1.29 is 9.53 Å². The highest BCUT2D eigenvalue weighted by molar-refractivity contribution is 5.97. The lowest BCUT2D eigenvalue weighted by atomic mass is 10.2. The minimum absolute atomic E-state index is 0.0221. The lowest BCUT2D eigenvalue weighted by Gasteiger charge is -2.20. The number of nitrogens with zero attached hydrogens (tertiary/aromatic N) is 1. The summed E-state index contributed by atoms with van der Waals surface area (Å²) in [7, 11) is 0. The molecule has 2 aromatic rings. The number of carbonyl (C=O) groups is 1. The van der Waals surface area contributed by atoms with Crippen LogP contribution in [0.3, 0.4) is 0 Å². The second-order valence-corrected chi connectivity index (χ2v) is 4.93. The molecule has 21 heavy (non-hydrogen) atoms. The molecular weight excluding hydrogens is 268 g/mol. The van der Waals surface area contributed by atoms with E-state index in [0.717, 1.165) is 16.9 Å². The van der Waals surface area contributed by atoms with Gasteiger partial charge >= 0.3 is 0 Å². The summed E-state index contributed by atoms with van der Waals surface area (Å²) in [6, 6.07) is 7.46. The highest BCUT2D eigenvalue weighted by atomic mass is 16.5. The third kappa shape index (κ3) is 2.89. The normalized spacial score (nSPS) is 13.1. The van der Waals surface area contributed by atoms with Gasteiger partial charge in [-0.3, -0.25) is 9.78 Å². The maximum Gasteiger partial charge on any atom is 0.262 e. The third-order valence-electron chi connectivity index (χ3n) is 3.24. The van der Waals surface area contributed by atoms with Crippen LogP contribution in [0.4, 0.5) is 17.1 Å². The monoisotopic (exact) mass is 284 g/mol. The number of carbonyl (C=O) groups excluding carboxylic acids is 1. The van der Waals surface area contributed by atoms with Gasteiger partial charge in [0.2, 0.25) is 0 Å². The number of aromatic nitrogens is 1. The van der Waals surface area contributed by atoms with E-state index in [4.69, 9.17) is 10.5 Å². The van der Waals surface area contributed by atoms with Crippen LogP contribution in [0.25, 0.3) is 0 Å². The molecular formula is C15H16N4O2. The number of hydrogen-bond donors (Lipinski definition) is 3. The fourth-order valence-electron chi connectivity index (χ4n) is 2.10. The molecule has 0 fully saturated rings. The number of fused-ring (bicyclic) bond motifs is 1. The largest absolute Gasteiger partial charge is 0.482 e. The van der Waals surface area contributed by atoms with Crippen molar-refractivity contribution in [1.82, 2.24) is 4.98 Å². The summed E-state index contributed by atoms with van der Waals surface area (Å²) in [4.78, 5) is 15.6. The van der Waals surface area contributed by atoms with E-state index in [1.807, 2.05) is 25.3 Å². The summed E-state index contributed by atoms with van der Waals surface area (Å²) in [5, 5.41) is 6.00. The van der Waals surface area contributed by atoms with Crippen molar-refractivity contribution >= 4 is 23.0 Å². The van der Waals surface area contributed by atoms with Crippen molar-refractivity contribution in [2.45, 2.75) is 13.5 Å². The summed E-state index contributed by atoms with van der Waals surface area (Å²) < 4.78 is 5.32. The molecule has 0 saturated carbocycles. The number of hydrogen-bond acceptors (Lipinski definition) is 5. The number of pyridine rings is 1. The Morgan fingerprint density at radius 1 is 1.43 bits per heavy atom. The highest BCUT2D eigenvalue weighted by Crippen LogP contribution is 2.35. The number of nitrogens with two attached hydrogens (primary N) is 1. The van der Waals surface area contributed by atoms with Crippen molar-refractivity contribution in [2.24, 2.45) is 0 Å². The van der Waals surface area contributed by atoms with E-state index in [0.29, 0.717) is 23.7 Å². The van der Waals surface area contributed by atoms with E-state index in [9.17, 15) is 4.79 Å². The fraction of sp³-hybridized carbons (Fsp3) is 0.200. The lowest BCUT2D eigenvalue weighted by Crippen LogP contribution is -2.25. The molecule has 4 N–H and O–H groups in total. The average molecular weight is 284 g/mol. The first kappa shape index (κ1) is 13.2. The Kier molecular flexibility index (Phi) is 3.35. The lowest BCUT2D eigenvalue weighted by molar-refractivity contribution is -0.118. The topological polar surface area (TPSA) is 89.3 Å². The predicted octanol–water partition coefficient (Wildman–Crippen LogP) is 1.92. The molecule has 6 nitrogen and oxygen atoms in total. The van der Waals surface area contributed by atoms with E-state index in [1.54, 1.807) is 12.1 Å². The molecule has 0 radical (unpaired) electrons. The Balaban J connectivity index is 1.77. The van der Waals surface area contributed by atoms with Gasteiger partial charge in [-0.15, -0.1) is 0 Å². The molecule has 1 aromatic heterocycles. The fourth-order valence-corrected chi connectivity index (χ4v) is 2.10. The van der Waals surface area contributed by atoms with Crippen LogP contribution in [-0.4, -0.2) is 17.5 Å². The number of rotatable bonds is 3. The molecule has 1 aliphatic heterocycles. The summed E-state index contributed by atoms with van der Waals surface area (Å²) in [5.41, 5.74) is 9.98. The molecule has 2 heterocycles. The smallest absolute Gasteiger partial charge is 0.262 e. The molecule has 0 unspecified atom stereocenters. The van der Waals surface area contributed by atoms with Gasteiger partial charge in [-0.2, -0.15) is 0 Å². The number of amides is 1. The van der Waals surface area contributed by atoms with Crippen LogP contribution in [0, 0.1) is 6.92 Å². The molecule has 0 spiro atoms. The molecule has 6 heteroatoms. The minimum atomic E-state index is -0.166. The summed E-state index contributed by atoms with van der Waals surface area (Å²) in [6.45, 7) is 2.57. The van der Waals surface area contributed by atoms with Crippen molar-refractivity contribution in [3.8, 4) is 5.75 Å². The molecule has 1 aromatic carbocycles. The summed E-state index contributed by atoms with van der Waals surface area (Å²) >= 11 is 0. The molecule has 108 valence electrons. The number of nitrogens with one attached hydrogen (secondary N) is 2. The number of aryl methyl sites for hydroxylation is 1. The van der Waals surface area contributed by atoms with Gasteiger partial charge in [0.1, 0.15) is 5.75 Å². The summed E-state index contributed by atoms with van der Waals surface area (Å²) in [6.07, 6.45) is 1.82. The third-order valence-corrected chi connectivity index (χ3v) is 3.24. The van der Waals surface area contributed by atoms with Gasteiger partial charge in [-0.05, 0) is 24.6 Å². The molecule has 1 amide bonds. The Labute approximate surface area is 122 Å². The second-order valence-electron chi connectivity index (χ2n) is 4.93. The highest BCUT2D eigenvalue weighted by Gasteiger charge is 2.17. The zero-order valence-corrected chi connectivity index (χ0v) is 11.6. The van der Waals surface area contributed by atoms with Gasteiger partial charge in [0.15, 0.2) is 6.61 Å². The molecule has 0 atom stereocenters. The zero-order chi connectivity index (χ0) is 14.8. The summed E-state index contributed by atoms with van der Waals surface area (Å²) in [5.74, 6) is 0.426. The SMILES string of the molecule is Cc1ccc(CNc2cc3c(cc2N)OCC(=O)N3)cn1. The number of nitrogen functional groups attached to an aromatic ring is 1. The van der Waals surface area contributed by atoms with Crippen LogP contribution in [0.2, 0.25) is 0 Å². The first-order valence-electron chi connectivity index (χ1n) is 6.63. The first-order chi connectivity index (χ1) is 10.1. The van der Waals surface area contributed by atoms with Gasteiger partial charge in [0, 0.05) is 24.5 Å². The molecule has 3 rings (SSSR count). The maximum absolute atomic E-state index is 11.3. The first-order valence-corrected chi connectivity index (χ1v) is 6.63.